The molecule has 0 saturated heterocycles. The number of carbonyl (C=O) groups excluding carboxylic acids is 1. The average molecular weight is 257 g/mol. The van der Waals surface area contributed by atoms with Crippen LogP contribution in [-0.4, -0.2) is 22.9 Å². The predicted molar refractivity (Wildman–Crippen MR) is 63.9 cm³/mol. The number of hydrogen-bond acceptors (Lipinski definition) is 4. The highest BCUT2D eigenvalue weighted by atomic mass is 35.5. The molecule has 0 aliphatic heterocycles. The standard InChI is InChI=1S/C11H13ClN2O3/c1-6-4-7(2-3-8(6)12)10(15)5-9(14-13)11(16)17/h2-4,9,14H,5,13H2,1H3,(H,16,17). The van der Waals surface area contributed by atoms with Gasteiger partial charge in [0.2, 0.25) is 0 Å². The van der Waals surface area contributed by atoms with Gasteiger partial charge < -0.3 is 5.11 Å². The lowest BCUT2D eigenvalue weighted by molar-refractivity contribution is -0.139. The summed E-state index contributed by atoms with van der Waals surface area (Å²) in [6.45, 7) is 1.77. The number of ketones is 1. The molecule has 0 aliphatic rings. The van der Waals surface area contributed by atoms with E-state index < -0.39 is 12.0 Å². The van der Waals surface area contributed by atoms with Crippen LogP contribution in [-0.2, 0) is 4.79 Å². The lowest BCUT2D eigenvalue weighted by atomic mass is 10.0. The number of carbonyl (C=O) groups is 2. The van der Waals surface area contributed by atoms with Crippen LogP contribution in [0.3, 0.4) is 0 Å². The van der Waals surface area contributed by atoms with Crippen LogP contribution in [0, 0.1) is 6.92 Å². The maximum Gasteiger partial charge on any atom is 0.322 e. The number of nitrogens with two attached hydrogens (primary N) is 1. The topological polar surface area (TPSA) is 92.4 Å². The Morgan fingerprint density at radius 1 is 1.53 bits per heavy atom. The van der Waals surface area contributed by atoms with Gasteiger partial charge in [0, 0.05) is 17.0 Å². The third-order valence-electron chi connectivity index (χ3n) is 2.37. The van der Waals surface area contributed by atoms with Gasteiger partial charge in [0.25, 0.3) is 0 Å². The Balaban J connectivity index is 2.82. The third-order valence-corrected chi connectivity index (χ3v) is 2.79. The van der Waals surface area contributed by atoms with Crippen LogP contribution >= 0.6 is 11.6 Å². The number of hydrogen-bond donors (Lipinski definition) is 3. The molecule has 0 aliphatic carbocycles. The molecule has 0 fully saturated rings. The zero-order valence-corrected chi connectivity index (χ0v) is 9.99. The molecule has 4 N–H and O–H groups in total. The minimum atomic E-state index is -1.16. The van der Waals surface area contributed by atoms with Crippen molar-refractivity contribution in [1.29, 1.82) is 0 Å². The van der Waals surface area contributed by atoms with Gasteiger partial charge in [-0.1, -0.05) is 11.6 Å². The van der Waals surface area contributed by atoms with Gasteiger partial charge in [0.05, 0.1) is 0 Å². The normalized spacial score (nSPS) is 12.2. The highest BCUT2D eigenvalue weighted by Crippen LogP contribution is 2.17. The van der Waals surface area contributed by atoms with E-state index in [0.717, 1.165) is 5.56 Å². The van der Waals surface area contributed by atoms with E-state index in [1.54, 1.807) is 25.1 Å². The number of rotatable bonds is 5. The number of carboxylic acid groups (broad SMARTS) is 1. The molecule has 17 heavy (non-hydrogen) atoms. The van der Waals surface area contributed by atoms with Crippen LogP contribution in [0.15, 0.2) is 18.2 Å². The van der Waals surface area contributed by atoms with Crippen molar-refractivity contribution < 1.29 is 14.7 Å². The van der Waals surface area contributed by atoms with E-state index in [0.29, 0.717) is 10.6 Å². The molecular weight excluding hydrogens is 244 g/mol. The number of aliphatic carboxylic acids is 1. The summed E-state index contributed by atoms with van der Waals surface area (Å²) in [6.07, 6.45) is -0.201. The fourth-order valence-electron chi connectivity index (χ4n) is 1.34. The van der Waals surface area contributed by atoms with Crippen molar-refractivity contribution in [2.75, 3.05) is 0 Å². The summed E-state index contributed by atoms with van der Waals surface area (Å²) in [5, 5.41) is 9.32. The summed E-state index contributed by atoms with van der Waals surface area (Å²) in [5.74, 6) is 3.59. The van der Waals surface area contributed by atoms with Crippen LogP contribution in [0.25, 0.3) is 0 Å². The van der Waals surface area contributed by atoms with E-state index in [9.17, 15) is 9.59 Å². The van der Waals surface area contributed by atoms with E-state index in [1.807, 2.05) is 0 Å². The van der Waals surface area contributed by atoms with Gasteiger partial charge in [0.15, 0.2) is 5.78 Å². The molecule has 0 amide bonds. The molecule has 5 nitrogen and oxygen atoms in total. The second kappa shape index (κ2) is 5.77. The Bertz CT molecular complexity index is 448. The minimum absolute atomic E-state index is 0.201. The zero-order valence-electron chi connectivity index (χ0n) is 9.24. The summed E-state index contributed by atoms with van der Waals surface area (Å²) in [6, 6.07) is 3.71. The SMILES string of the molecule is Cc1cc(C(=O)CC(NN)C(=O)O)ccc1Cl. The quantitative estimate of drug-likeness (QED) is 0.417. The summed E-state index contributed by atoms with van der Waals surface area (Å²) < 4.78 is 0. The van der Waals surface area contributed by atoms with Crippen molar-refractivity contribution in [3.8, 4) is 0 Å². The molecular formula is C11H13ClN2O3. The van der Waals surface area contributed by atoms with E-state index in [-0.39, 0.29) is 12.2 Å². The van der Waals surface area contributed by atoms with Crippen molar-refractivity contribution in [3.63, 3.8) is 0 Å². The fraction of sp³-hybridized carbons (Fsp3) is 0.273. The number of hydrazine groups is 1. The highest BCUT2D eigenvalue weighted by molar-refractivity contribution is 6.31. The van der Waals surface area contributed by atoms with Crippen molar-refractivity contribution in [2.45, 2.75) is 19.4 Å². The number of halogens is 1. The first-order chi connectivity index (χ1) is 7.95. The van der Waals surface area contributed by atoms with Crippen LogP contribution in [0.5, 0.6) is 0 Å². The first kappa shape index (κ1) is 13.6. The Labute approximate surface area is 104 Å². The first-order valence-corrected chi connectivity index (χ1v) is 5.31. The molecule has 1 aromatic carbocycles. The van der Waals surface area contributed by atoms with E-state index in [1.165, 1.54) is 0 Å². The van der Waals surface area contributed by atoms with Crippen LogP contribution in [0.2, 0.25) is 5.02 Å². The van der Waals surface area contributed by atoms with Gasteiger partial charge in [-0.2, -0.15) is 0 Å². The van der Waals surface area contributed by atoms with Crippen molar-refractivity contribution >= 4 is 23.4 Å². The smallest absolute Gasteiger partial charge is 0.322 e. The van der Waals surface area contributed by atoms with Crippen LogP contribution < -0.4 is 11.3 Å². The molecule has 0 heterocycles. The van der Waals surface area contributed by atoms with Crippen LogP contribution in [0.4, 0.5) is 0 Å². The molecule has 0 aromatic heterocycles. The zero-order chi connectivity index (χ0) is 13.0. The number of benzene rings is 1. The first-order valence-electron chi connectivity index (χ1n) is 4.94. The van der Waals surface area contributed by atoms with Gasteiger partial charge in [-0.05, 0) is 30.7 Å². The second-order valence-corrected chi connectivity index (χ2v) is 4.06. The molecule has 0 spiro atoms. The van der Waals surface area contributed by atoms with E-state index >= 15 is 0 Å². The van der Waals surface area contributed by atoms with Crippen molar-refractivity contribution in [3.05, 3.63) is 34.3 Å². The number of carboxylic acids is 1. The minimum Gasteiger partial charge on any atom is -0.480 e. The lowest BCUT2D eigenvalue weighted by Crippen LogP contribution is -2.42. The Morgan fingerprint density at radius 3 is 2.65 bits per heavy atom. The predicted octanol–water partition coefficient (Wildman–Crippen LogP) is 1.14. The van der Waals surface area contributed by atoms with Gasteiger partial charge in [-0.25, -0.2) is 5.43 Å². The van der Waals surface area contributed by atoms with Gasteiger partial charge in [-0.3, -0.25) is 15.4 Å². The second-order valence-electron chi connectivity index (χ2n) is 3.65. The molecule has 0 radical (unpaired) electrons. The third kappa shape index (κ3) is 3.52. The Kier molecular flexibility index (Phi) is 4.62. The summed E-state index contributed by atoms with van der Waals surface area (Å²) in [4.78, 5) is 22.5. The highest BCUT2D eigenvalue weighted by Gasteiger charge is 2.20. The summed E-state index contributed by atoms with van der Waals surface area (Å²) >= 11 is 5.83. The molecule has 0 bridgehead atoms. The van der Waals surface area contributed by atoms with Gasteiger partial charge in [-0.15, -0.1) is 0 Å². The monoisotopic (exact) mass is 256 g/mol. The largest absolute Gasteiger partial charge is 0.480 e. The molecule has 1 atom stereocenters. The summed E-state index contributed by atoms with van der Waals surface area (Å²) in [7, 11) is 0. The molecule has 0 saturated carbocycles. The Morgan fingerprint density at radius 2 is 2.18 bits per heavy atom. The molecule has 1 rings (SSSR count). The molecule has 1 aromatic rings. The lowest BCUT2D eigenvalue weighted by Gasteiger charge is -2.10. The summed E-state index contributed by atoms with van der Waals surface area (Å²) in [5.41, 5.74) is 3.27. The molecule has 1 unspecified atom stereocenters. The molecule has 92 valence electrons. The van der Waals surface area contributed by atoms with E-state index in [2.05, 4.69) is 5.43 Å². The van der Waals surface area contributed by atoms with Gasteiger partial charge >= 0.3 is 5.97 Å². The van der Waals surface area contributed by atoms with Crippen molar-refractivity contribution in [2.24, 2.45) is 5.84 Å². The Hall–Kier alpha value is -1.43. The van der Waals surface area contributed by atoms with Gasteiger partial charge in [0.1, 0.15) is 6.04 Å². The molecule has 6 heteroatoms. The number of nitrogens with one attached hydrogen (secondary N) is 1. The maximum atomic E-state index is 11.8. The average Bonchev–Trinajstić information content (AvgIpc) is 2.28. The number of Topliss-reactive ketones (excluding diaryl/α,β-unsaturated/α-hetero) is 1. The fourth-order valence-corrected chi connectivity index (χ4v) is 1.46. The van der Waals surface area contributed by atoms with E-state index in [4.69, 9.17) is 22.6 Å². The van der Waals surface area contributed by atoms with Crippen molar-refractivity contribution in [1.82, 2.24) is 5.43 Å². The maximum absolute atomic E-state index is 11.8. The number of aryl methyl sites for hydroxylation is 1. The van der Waals surface area contributed by atoms with Crippen LogP contribution in [0.1, 0.15) is 22.3 Å².